The Balaban J connectivity index is 2.81. The van der Waals surface area contributed by atoms with E-state index < -0.39 is 5.97 Å². The summed E-state index contributed by atoms with van der Waals surface area (Å²) in [5.74, 6) is -0.610. The van der Waals surface area contributed by atoms with Crippen molar-refractivity contribution in [2.45, 2.75) is 26.3 Å². The highest BCUT2D eigenvalue weighted by Crippen LogP contribution is 2.09. The molecule has 0 fully saturated rings. The van der Waals surface area contributed by atoms with E-state index in [0.717, 1.165) is 0 Å². The topological polar surface area (TPSA) is 95.3 Å². The number of esters is 1. The van der Waals surface area contributed by atoms with Crippen LogP contribution in [0.25, 0.3) is 0 Å². The van der Waals surface area contributed by atoms with Gasteiger partial charge in [-0.2, -0.15) is 0 Å². The van der Waals surface area contributed by atoms with E-state index in [2.05, 4.69) is 20.4 Å². The summed E-state index contributed by atoms with van der Waals surface area (Å²) in [4.78, 5) is 23.0. The van der Waals surface area contributed by atoms with Crippen LogP contribution in [0, 0.1) is 0 Å². The van der Waals surface area contributed by atoms with Crippen molar-refractivity contribution in [1.82, 2.24) is 20.3 Å². The predicted octanol–water partition coefficient (Wildman–Crippen LogP) is -0.220. The molecule has 0 saturated carbocycles. The third kappa shape index (κ3) is 4.30. The van der Waals surface area contributed by atoms with Crippen LogP contribution in [0.4, 0.5) is 0 Å². The average molecular weight is 284 g/mol. The van der Waals surface area contributed by atoms with Crippen molar-refractivity contribution in [3.8, 4) is 0 Å². The van der Waals surface area contributed by atoms with E-state index >= 15 is 0 Å². The number of carbonyl (C=O) groups is 2. The molecule has 8 nitrogen and oxygen atoms in total. The number of nitrogens with one attached hydrogen (secondary N) is 1. The molecule has 0 spiro atoms. The zero-order valence-electron chi connectivity index (χ0n) is 12.0. The minimum atomic E-state index is -0.541. The van der Waals surface area contributed by atoms with E-state index in [1.807, 2.05) is 6.92 Å². The van der Waals surface area contributed by atoms with Gasteiger partial charge < -0.3 is 14.8 Å². The Morgan fingerprint density at radius 1 is 1.35 bits per heavy atom. The molecule has 0 unspecified atom stereocenters. The van der Waals surface area contributed by atoms with Crippen LogP contribution in [0.3, 0.4) is 0 Å². The SMILES string of the molecule is CCNC(=O)CCn1nnc(C(=O)OC)c1CCOC. The number of hydrogen-bond donors (Lipinski definition) is 1. The van der Waals surface area contributed by atoms with Gasteiger partial charge in [0.1, 0.15) is 0 Å². The van der Waals surface area contributed by atoms with Gasteiger partial charge in [0.2, 0.25) is 5.91 Å². The molecule has 112 valence electrons. The maximum absolute atomic E-state index is 11.6. The Labute approximate surface area is 117 Å². The second-order valence-corrected chi connectivity index (χ2v) is 4.05. The number of aryl methyl sites for hydroxylation is 1. The van der Waals surface area contributed by atoms with Crippen molar-refractivity contribution in [3.63, 3.8) is 0 Å². The Bertz CT molecular complexity index is 458. The first-order chi connectivity index (χ1) is 9.63. The molecule has 1 aromatic heterocycles. The van der Waals surface area contributed by atoms with Gasteiger partial charge in [0.15, 0.2) is 5.69 Å². The lowest BCUT2D eigenvalue weighted by Gasteiger charge is -2.07. The van der Waals surface area contributed by atoms with Gasteiger partial charge in [0.05, 0.1) is 26.0 Å². The summed E-state index contributed by atoms with van der Waals surface area (Å²) in [6, 6.07) is 0. The molecule has 0 saturated heterocycles. The maximum Gasteiger partial charge on any atom is 0.360 e. The minimum absolute atomic E-state index is 0.0692. The molecule has 1 aromatic rings. The number of methoxy groups -OCH3 is 2. The third-order valence-corrected chi connectivity index (χ3v) is 2.68. The molecule has 8 heteroatoms. The molecule has 0 bridgehead atoms. The molecule has 0 aliphatic heterocycles. The van der Waals surface area contributed by atoms with Crippen molar-refractivity contribution in [2.75, 3.05) is 27.4 Å². The summed E-state index contributed by atoms with van der Waals surface area (Å²) in [6.07, 6.45) is 0.751. The highest BCUT2D eigenvalue weighted by Gasteiger charge is 2.20. The number of nitrogens with zero attached hydrogens (tertiary/aromatic N) is 3. The Morgan fingerprint density at radius 3 is 2.70 bits per heavy atom. The van der Waals surface area contributed by atoms with Gasteiger partial charge in [-0.3, -0.25) is 4.79 Å². The monoisotopic (exact) mass is 284 g/mol. The molecule has 1 rings (SSSR count). The van der Waals surface area contributed by atoms with Crippen LogP contribution in [0.5, 0.6) is 0 Å². The first-order valence-corrected chi connectivity index (χ1v) is 6.40. The lowest BCUT2D eigenvalue weighted by Crippen LogP contribution is -2.24. The van der Waals surface area contributed by atoms with Crippen LogP contribution in [0.2, 0.25) is 0 Å². The third-order valence-electron chi connectivity index (χ3n) is 2.68. The Hall–Kier alpha value is -1.96. The van der Waals surface area contributed by atoms with Crippen molar-refractivity contribution < 1.29 is 19.1 Å². The van der Waals surface area contributed by atoms with Crippen LogP contribution in [0.15, 0.2) is 0 Å². The highest BCUT2D eigenvalue weighted by atomic mass is 16.5. The van der Waals surface area contributed by atoms with E-state index in [-0.39, 0.29) is 18.0 Å². The Morgan fingerprint density at radius 2 is 2.10 bits per heavy atom. The number of ether oxygens (including phenoxy) is 2. The van der Waals surface area contributed by atoms with Crippen LogP contribution in [-0.2, 0) is 27.2 Å². The number of rotatable bonds is 8. The largest absolute Gasteiger partial charge is 0.464 e. The van der Waals surface area contributed by atoms with E-state index in [1.165, 1.54) is 7.11 Å². The zero-order chi connectivity index (χ0) is 15.0. The van der Waals surface area contributed by atoms with Crippen molar-refractivity contribution >= 4 is 11.9 Å². The van der Waals surface area contributed by atoms with Gasteiger partial charge in [-0.1, -0.05) is 5.21 Å². The molecule has 0 aliphatic rings. The van der Waals surface area contributed by atoms with Gasteiger partial charge in [-0.25, -0.2) is 9.48 Å². The van der Waals surface area contributed by atoms with Crippen LogP contribution in [-0.4, -0.2) is 54.2 Å². The summed E-state index contributed by atoms with van der Waals surface area (Å²) in [5, 5.41) is 10.4. The summed E-state index contributed by atoms with van der Waals surface area (Å²) in [5.41, 5.74) is 0.781. The molecular weight excluding hydrogens is 264 g/mol. The summed E-state index contributed by atoms with van der Waals surface area (Å²) in [7, 11) is 2.86. The molecular formula is C12H20N4O4. The molecule has 1 heterocycles. The first-order valence-electron chi connectivity index (χ1n) is 6.40. The quantitative estimate of drug-likeness (QED) is 0.663. The fraction of sp³-hybridized carbons (Fsp3) is 0.667. The lowest BCUT2D eigenvalue weighted by atomic mass is 10.2. The van der Waals surface area contributed by atoms with Gasteiger partial charge in [0.25, 0.3) is 0 Å². The Kier molecular flexibility index (Phi) is 6.65. The van der Waals surface area contributed by atoms with E-state index in [0.29, 0.717) is 31.8 Å². The normalized spacial score (nSPS) is 10.3. The highest BCUT2D eigenvalue weighted by molar-refractivity contribution is 5.88. The van der Waals surface area contributed by atoms with Crippen molar-refractivity contribution in [1.29, 1.82) is 0 Å². The first kappa shape index (κ1) is 16.1. The molecule has 20 heavy (non-hydrogen) atoms. The fourth-order valence-electron chi connectivity index (χ4n) is 1.71. The number of amides is 1. The number of hydrogen-bond acceptors (Lipinski definition) is 6. The lowest BCUT2D eigenvalue weighted by molar-refractivity contribution is -0.121. The van der Waals surface area contributed by atoms with Crippen molar-refractivity contribution in [2.24, 2.45) is 0 Å². The molecule has 0 atom stereocenters. The predicted molar refractivity (Wildman–Crippen MR) is 70.2 cm³/mol. The summed E-state index contributed by atoms with van der Waals surface area (Å²) >= 11 is 0. The molecule has 0 aromatic carbocycles. The van der Waals surface area contributed by atoms with Crippen LogP contribution in [0.1, 0.15) is 29.5 Å². The number of carbonyl (C=O) groups excluding carboxylic acids is 2. The second kappa shape index (κ2) is 8.26. The molecule has 0 aliphatic carbocycles. The van der Waals surface area contributed by atoms with E-state index in [1.54, 1.807) is 11.8 Å². The van der Waals surface area contributed by atoms with Gasteiger partial charge in [-0.15, -0.1) is 5.10 Å². The summed E-state index contributed by atoms with van der Waals surface area (Å²) < 4.78 is 11.2. The van der Waals surface area contributed by atoms with Gasteiger partial charge in [-0.05, 0) is 6.92 Å². The smallest absolute Gasteiger partial charge is 0.360 e. The van der Waals surface area contributed by atoms with E-state index in [9.17, 15) is 9.59 Å². The molecule has 1 N–H and O–H groups in total. The van der Waals surface area contributed by atoms with Crippen molar-refractivity contribution in [3.05, 3.63) is 11.4 Å². The average Bonchev–Trinajstić information content (AvgIpc) is 2.85. The van der Waals surface area contributed by atoms with E-state index in [4.69, 9.17) is 4.74 Å². The minimum Gasteiger partial charge on any atom is -0.464 e. The van der Waals surface area contributed by atoms with Gasteiger partial charge in [0, 0.05) is 26.5 Å². The number of aromatic nitrogens is 3. The fourth-order valence-corrected chi connectivity index (χ4v) is 1.71. The van der Waals surface area contributed by atoms with Gasteiger partial charge >= 0.3 is 5.97 Å². The summed E-state index contributed by atoms with van der Waals surface area (Å²) in [6.45, 7) is 3.22. The zero-order valence-corrected chi connectivity index (χ0v) is 12.0. The second-order valence-electron chi connectivity index (χ2n) is 4.05. The standard InChI is InChI=1S/C12H20N4O4/c1-4-13-10(17)5-7-16-9(6-8-19-2)11(14-15-16)12(18)20-3/h4-8H2,1-3H3,(H,13,17). The molecule has 0 radical (unpaired) electrons. The van der Waals surface area contributed by atoms with Crippen LogP contribution < -0.4 is 5.32 Å². The molecule has 1 amide bonds. The van der Waals surface area contributed by atoms with Crippen LogP contribution >= 0.6 is 0 Å². The maximum atomic E-state index is 11.6.